The Hall–Kier alpha value is -2.63. The highest BCUT2D eigenvalue weighted by Crippen LogP contribution is 2.49. The number of hydrogen-bond donors (Lipinski definition) is 2. The fourth-order valence-corrected chi connectivity index (χ4v) is 4.48. The lowest BCUT2D eigenvalue weighted by molar-refractivity contribution is -0.120. The van der Waals surface area contributed by atoms with Gasteiger partial charge in [-0.1, -0.05) is 34.1 Å². The number of aromatic amines is 1. The average molecular weight is 540 g/mol. The molecular weight excluding hydrogens is 517 g/mol. The molecule has 3 rings (SSSR count). The molecule has 0 aliphatic rings. The third-order valence-corrected chi connectivity index (χ3v) is 6.37. The number of carbonyl (C=O) groups is 1. The van der Waals surface area contributed by atoms with Crippen molar-refractivity contribution in [3.63, 3.8) is 0 Å². The van der Waals surface area contributed by atoms with Gasteiger partial charge in [-0.2, -0.15) is 4.98 Å². The molecule has 0 spiro atoms. The molecule has 0 radical (unpaired) electrons. The van der Waals surface area contributed by atoms with E-state index in [0.717, 1.165) is 10.0 Å². The summed E-state index contributed by atoms with van der Waals surface area (Å²) in [6.45, 7) is 3.47. The van der Waals surface area contributed by atoms with Gasteiger partial charge in [0.05, 0.1) is 19.5 Å². The molecule has 3 aromatic rings. The number of nitrogen functional groups attached to an aromatic ring is 1. The molecule has 0 aliphatic heterocycles. The van der Waals surface area contributed by atoms with Crippen molar-refractivity contribution in [2.45, 2.75) is 19.6 Å². The second kappa shape index (κ2) is 11.5. The Bertz CT molecular complexity index is 1240. The number of ketones is 1. The molecule has 0 amide bonds. The number of rotatable bonds is 13. The topological polar surface area (TPSA) is 151 Å². The summed E-state index contributed by atoms with van der Waals surface area (Å²) in [7, 11) is -3.76. The molecule has 0 bridgehead atoms. The van der Waals surface area contributed by atoms with Gasteiger partial charge in [-0.3, -0.25) is 23.7 Å². The molecular formula is C20H23BrN5O6P. The first kappa shape index (κ1) is 25.0. The number of imidazole rings is 1. The van der Waals surface area contributed by atoms with Crippen LogP contribution in [0.15, 0.2) is 52.5 Å². The Morgan fingerprint density at radius 1 is 1.36 bits per heavy atom. The van der Waals surface area contributed by atoms with Gasteiger partial charge in [-0.25, -0.2) is 4.98 Å². The van der Waals surface area contributed by atoms with E-state index in [4.69, 9.17) is 19.5 Å². The number of nitrogens with one attached hydrogen (secondary N) is 1. The van der Waals surface area contributed by atoms with Crippen LogP contribution in [0.3, 0.4) is 0 Å². The Labute approximate surface area is 197 Å². The molecule has 0 fully saturated rings. The number of aromatic nitrogens is 4. The van der Waals surface area contributed by atoms with Crippen molar-refractivity contribution in [2.24, 2.45) is 0 Å². The summed E-state index contributed by atoms with van der Waals surface area (Å²) in [6.07, 6.45) is 2.60. The molecule has 0 aliphatic carbocycles. The van der Waals surface area contributed by atoms with Gasteiger partial charge in [0, 0.05) is 17.4 Å². The summed E-state index contributed by atoms with van der Waals surface area (Å²) in [6, 6.07) is 7.30. The predicted molar refractivity (Wildman–Crippen MR) is 126 cm³/mol. The summed E-state index contributed by atoms with van der Waals surface area (Å²) in [5, 5.41) is 0. The number of fused-ring (bicyclic) bond motifs is 1. The highest BCUT2D eigenvalue weighted by molar-refractivity contribution is 9.10. The van der Waals surface area contributed by atoms with Crippen LogP contribution >= 0.6 is 23.5 Å². The van der Waals surface area contributed by atoms with Crippen molar-refractivity contribution in [1.29, 1.82) is 0 Å². The molecule has 1 atom stereocenters. The maximum Gasteiger partial charge on any atom is 0.356 e. The van der Waals surface area contributed by atoms with Crippen LogP contribution < -0.4 is 11.3 Å². The van der Waals surface area contributed by atoms with Gasteiger partial charge in [0.1, 0.15) is 13.0 Å². The first-order valence-corrected chi connectivity index (χ1v) is 12.4. The largest absolute Gasteiger partial charge is 0.369 e. The molecule has 176 valence electrons. The van der Waals surface area contributed by atoms with Crippen molar-refractivity contribution < 1.29 is 23.1 Å². The minimum Gasteiger partial charge on any atom is -0.369 e. The second-order valence-corrected chi connectivity index (χ2v) is 9.83. The molecule has 33 heavy (non-hydrogen) atoms. The molecule has 2 aromatic heterocycles. The number of allylic oxidation sites excluding steroid dienone is 1. The quantitative estimate of drug-likeness (QED) is 0.189. The summed E-state index contributed by atoms with van der Waals surface area (Å²) in [5.74, 6) is -0.312. The van der Waals surface area contributed by atoms with E-state index in [-0.39, 0.29) is 56.4 Å². The number of anilines is 1. The van der Waals surface area contributed by atoms with Crippen molar-refractivity contribution in [3.05, 3.63) is 63.6 Å². The number of halogens is 1. The molecule has 2 heterocycles. The standard InChI is InChI=1S/C20H23BrN5O6P/c1-2-4-16(27)11-32-33(29,31-10-14-5-3-6-15(21)9-14)13-30-8-7-26-12-23-17-18(26)24-20(22)25-19(17)28/h2-3,5-6,9,12H,1,4,7-8,10-11,13H2,(H3,22,24,25,28). The number of carbonyl (C=O) groups excluding carboxylic acids is 1. The fraction of sp³-hybridized carbons (Fsp3) is 0.300. The van der Waals surface area contributed by atoms with Crippen molar-refractivity contribution in [3.8, 4) is 0 Å². The number of nitrogens with two attached hydrogens (primary N) is 1. The van der Waals surface area contributed by atoms with Crippen LogP contribution in [0, 0.1) is 0 Å². The number of H-pyrrole nitrogens is 1. The van der Waals surface area contributed by atoms with Gasteiger partial charge in [0.15, 0.2) is 16.9 Å². The zero-order chi connectivity index (χ0) is 23.8. The van der Waals surface area contributed by atoms with E-state index < -0.39 is 13.2 Å². The molecule has 1 aromatic carbocycles. The highest BCUT2D eigenvalue weighted by atomic mass is 79.9. The lowest BCUT2D eigenvalue weighted by atomic mass is 10.2. The zero-order valence-electron chi connectivity index (χ0n) is 17.6. The van der Waals surface area contributed by atoms with E-state index in [1.54, 1.807) is 4.57 Å². The van der Waals surface area contributed by atoms with E-state index in [0.29, 0.717) is 5.65 Å². The zero-order valence-corrected chi connectivity index (χ0v) is 20.1. The molecule has 11 nitrogen and oxygen atoms in total. The minimum atomic E-state index is -3.76. The summed E-state index contributed by atoms with van der Waals surface area (Å²) >= 11 is 3.37. The highest BCUT2D eigenvalue weighted by Gasteiger charge is 2.26. The third-order valence-electron chi connectivity index (χ3n) is 4.33. The lowest BCUT2D eigenvalue weighted by Gasteiger charge is -2.18. The minimum absolute atomic E-state index is 0.00780. The summed E-state index contributed by atoms with van der Waals surface area (Å²) in [4.78, 5) is 34.1. The fourth-order valence-electron chi connectivity index (χ4n) is 2.78. The summed E-state index contributed by atoms with van der Waals surface area (Å²) < 4.78 is 32.1. The molecule has 0 saturated carbocycles. The smallest absolute Gasteiger partial charge is 0.356 e. The van der Waals surface area contributed by atoms with Crippen LogP contribution in [0.25, 0.3) is 11.2 Å². The normalized spacial score (nSPS) is 13.1. The van der Waals surface area contributed by atoms with E-state index in [1.165, 1.54) is 12.4 Å². The first-order chi connectivity index (χ1) is 15.8. The van der Waals surface area contributed by atoms with Crippen LogP contribution in [0.1, 0.15) is 12.0 Å². The Kier molecular flexibility index (Phi) is 8.70. The first-order valence-electron chi connectivity index (χ1n) is 9.83. The van der Waals surface area contributed by atoms with Gasteiger partial charge in [0.25, 0.3) is 5.56 Å². The SMILES string of the molecule is C=CCC(=O)COP(=O)(COCCn1cnc2c(=O)[nH]c(N)nc21)OCc1cccc(Br)c1. The van der Waals surface area contributed by atoms with Gasteiger partial charge in [-0.15, -0.1) is 6.58 Å². The molecule has 0 saturated heterocycles. The van der Waals surface area contributed by atoms with Crippen LogP contribution in [0.2, 0.25) is 0 Å². The maximum atomic E-state index is 13.2. The Morgan fingerprint density at radius 3 is 2.94 bits per heavy atom. The lowest BCUT2D eigenvalue weighted by Crippen LogP contribution is -2.14. The predicted octanol–water partition coefficient (Wildman–Crippen LogP) is 3.01. The number of benzene rings is 1. The van der Waals surface area contributed by atoms with Crippen molar-refractivity contribution in [2.75, 3.05) is 25.3 Å². The van der Waals surface area contributed by atoms with Crippen molar-refractivity contribution in [1.82, 2.24) is 19.5 Å². The monoisotopic (exact) mass is 539 g/mol. The molecule has 3 N–H and O–H groups in total. The molecule has 13 heteroatoms. The van der Waals surface area contributed by atoms with Gasteiger partial charge in [-0.05, 0) is 17.7 Å². The van der Waals surface area contributed by atoms with E-state index in [9.17, 15) is 14.2 Å². The third kappa shape index (κ3) is 7.18. The van der Waals surface area contributed by atoms with Crippen molar-refractivity contribution >= 4 is 46.4 Å². The van der Waals surface area contributed by atoms with Crippen LogP contribution in [-0.4, -0.2) is 44.9 Å². The second-order valence-electron chi connectivity index (χ2n) is 6.92. The number of nitrogens with zero attached hydrogens (tertiary/aromatic N) is 3. The summed E-state index contributed by atoms with van der Waals surface area (Å²) in [5.41, 5.74) is 6.37. The van der Waals surface area contributed by atoms with Gasteiger partial charge >= 0.3 is 7.60 Å². The molecule has 1 unspecified atom stereocenters. The van der Waals surface area contributed by atoms with Crippen LogP contribution in [0.5, 0.6) is 0 Å². The van der Waals surface area contributed by atoms with Crippen LogP contribution in [-0.2, 0) is 36.3 Å². The van der Waals surface area contributed by atoms with E-state index in [2.05, 4.69) is 37.5 Å². The Morgan fingerprint density at radius 2 is 2.18 bits per heavy atom. The maximum absolute atomic E-state index is 13.2. The van der Waals surface area contributed by atoms with Gasteiger partial charge < -0.3 is 19.6 Å². The number of Topliss-reactive ketones (excluding diaryl/α,β-unsaturated/α-hetero) is 1. The number of ether oxygens (including phenoxy) is 1. The van der Waals surface area contributed by atoms with E-state index >= 15 is 0 Å². The van der Waals surface area contributed by atoms with Gasteiger partial charge in [0.2, 0.25) is 5.95 Å². The average Bonchev–Trinajstić information content (AvgIpc) is 3.17. The van der Waals surface area contributed by atoms with Crippen LogP contribution in [0.4, 0.5) is 5.95 Å². The number of hydrogen-bond acceptors (Lipinski definition) is 9. The van der Waals surface area contributed by atoms with E-state index in [1.807, 2.05) is 24.3 Å². The Balaban J connectivity index is 1.61.